The van der Waals surface area contributed by atoms with E-state index in [1.807, 2.05) is 33.8 Å². The molecule has 0 spiro atoms. The quantitative estimate of drug-likeness (QED) is 0.278. The molecule has 4 nitrogen and oxygen atoms in total. The van der Waals surface area contributed by atoms with Crippen LogP contribution < -0.4 is 4.74 Å². The number of carbonyl (C=O) groups is 2. The Labute approximate surface area is 164 Å². The maximum Gasteiger partial charge on any atom is 0.311 e. The largest absolute Gasteiger partial charge is 0.469 e. The second kappa shape index (κ2) is 11.1. The molecule has 0 saturated carbocycles. The zero-order chi connectivity index (χ0) is 20.4. The summed E-state index contributed by atoms with van der Waals surface area (Å²) in [6, 6.07) is 3.94. The third-order valence-electron chi connectivity index (χ3n) is 4.89. The van der Waals surface area contributed by atoms with E-state index >= 15 is 0 Å². The van der Waals surface area contributed by atoms with Gasteiger partial charge < -0.3 is 9.47 Å². The fourth-order valence-corrected chi connectivity index (χ4v) is 3.62. The van der Waals surface area contributed by atoms with Crippen LogP contribution in [0.3, 0.4) is 0 Å². The smallest absolute Gasteiger partial charge is 0.311 e. The van der Waals surface area contributed by atoms with Crippen LogP contribution in [0.2, 0.25) is 0 Å². The van der Waals surface area contributed by atoms with Gasteiger partial charge in [-0.3, -0.25) is 9.59 Å². The number of carbonyl (C=O) groups excluding carboxylic acids is 2. The first-order valence-corrected chi connectivity index (χ1v) is 10.1. The van der Waals surface area contributed by atoms with Crippen LogP contribution in [-0.4, -0.2) is 19.0 Å². The van der Waals surface area contributed by atoms with Crippen molar-refractivity contribution in [3.05, 3.63) is 28.8 Å². The molecule has 0 atom stereocenters. The van der Waals surface area contributed by atoms with Gasteiger partial charge in [-0.1, -0.05) is 58.9 Å². The van der Waals surface area contributed by atoms with Crippen LogP contribution in [-0.2, 0) is 19.7 Å². The van der Waals surface area contributed by atoms with Crippen molar-refractivity contribution in [2.24, 2.45) is 0 Å². The Bertz CT molecular complexity index is 632. The summed E-state index contributed by atoms with van der Waals surface area (Å²) in [7, 11) is 1.39. The van der Waals surface area contributed by atoms with E-state index in [0.717, 1.165) is 29.5 Å². The van der Waals surface area contributed by atoms with Crippen LogP contribution in [0.25, 0.3) is 0 Å². The van der Waals surface area contributed by atoms with Gasteiger partial charge in [-0.2, -0.15) is 0 Å². The van der Waals surface area contributed by atoms with E-state index in [4.69, 9.17) is 9.47 Å². The molecule has 0 aromatic heterocycles. The second-order valence-corrected chi connectivity index (χ2v) is 8.08. The molecule has 0 heterocycles. The van der Waals surface area contributed by atoms with E-state index in [2.05, 4.69) is 13.0 Å². The van der Waals surface area contributed by atoms with Crippen molar-refractivity contribution in [3.8, 4) is 5.75 Å². The molecule has 0 bridgehead atoms. The number of hydrogen-bond donors (Lipinski definition) is 0. The molecule has 0 amide bonds. The number of benzene rings is 1. The minimum Gasteiger partial charge on any atom is -0.469 e. The van der Waals surface area contributed by atoms with Gasteiger partial charge in [-0.05, 0) is 37.5 Å². The summed E-state index contributed by atoms with van der Waals surface area (Å²) in [5, 5.41) is 0. The van der Waals surface area contributed by atoms with Crippen LogP contribution in [0.15, 0.2) is 12.1 Å². The first-order chi connectivity index (χ1) is 12.7. The lowest BCUT2D eigenvalue weighted by molar-refractivity contribution is -0.141. The lowest BCUT2D eigenvalue weighted by Crippen LogP contribution is -2.25. The average molecular weight is 377 g/mol. The van der Waals surface area contributed by atoms with Gasteiger partial charge in [0.05, 0.1) is 13.5 Å². The Hall–Kier alpha value is -1.84. The van der Waals surface area contributed by atoms with Crippen molar-refractivity contribution in [2.75, 3.05) is 7.11 Å². The lowest BCUT2D eigenvalue weighted by Gasteiger charge is -2.28. The van der Waals surface area contributed by atoms with Gasteiger partial charge in [0.15, 0.2) is 0 Å². The van der Waals surface area contributed by atoms with Crippen molar-refractivity contribution >= 4 is 11.9 Å². The second-order valence-electron chi connectivity index (χ2n) is 8.08. The van der Waals surface area contributed by atoms with E-state index in [1.54, 1.807) is 0 Å². The Balaban J connectivity index is 2.84. The minimum absolute atomic E-state index is 0.203. The molecular weight excluding hydrogens is 340 g/mol. The Kier molecular flexibility index (Phi) is 9.54. The summed E-state index contributed by atoms with van der Waals surface area (Å²) in [6.07, 6.45) is 7.45. The van der Waals surface area contributed by atoms with E-state index in [-0.39, 0.29) is 18.4 Å². The molecule has 1 rings (SSSR count). The van der Waals surface area contributed by atoms with Gasteiger partial charge in [0, 0.05) is 17.4 Å². The molecule has 1 aromatic carbocycles. The monoisotopic (exact) mass is 376 g/mol. The number of rotatable bonds is 11. The Morgan fingerprint density at radius 3 is 2.22 bits per heavy atom. The molecule has 0 aliphatic heterocycles. The number of aryl methyl sites for hydroxylation is 2. The first-order valence-electron chi connectivity index (χ1n) is 10.1. The third-order valence-corrected chi connectivity index (χ3v) is 4.89. The molecule has 0 unspecified atom stereocenters. The fourth-order valence-electron chi connectivity index (χ4n) is 3.62. The predicted octanol–water partition coefficient (Wildman–Crippen LogP) is 5.80. The number of unbranched alkanes of at least 4 members (excludes halogenated alkanes) is 5. The average Bonchev–Trinajstić information content (AvgIpc) is 2.56. The van der Waals surface area contributed by atoms with E-state index in [0.29, 0.717) is 12.2 Å². The highest BCUT2D eigenvalue weighted by Crippen LogP contribution is 2.38. The molecule has 0 N–H and O–H groups in total. The normalized spacial score (nSPS) is 11.3. The Morgan fingerprint density at radius 1 is 0.963 bits per heavy atom. The predicted molar refractivity (Wildman–Crippen MR) is 109 cm³/mol. The van der Waals surface area contributed by atoms with E-state index in [1.165, 1.54) is 32.8 Å². The molecule has 27 heavy (non-hydrogen) atoms. The molecule has 4 heteroatoms. The molecule has 0 aliphatic rings. The number of hydrogen-bond acceptors (Lipinski definition) is 4. The molecule has 0 saturated heterocycles. The van der Waals surface area contributed by atoms with Crippen molar-refractivity contribution < 1.29 is 19.1 Å². The molecule has 0 radical (unpaired) electrons. The van der Waals surface area contributed by atoms with E-state index < -0.39 is 5.41 Å². The summed E-state index contributed by atoms with van der Waals surface area (Å²) in [4.78, 5) is 24.2. The van der Waals surface area contributed by atoms with Gasteiger partial charge >= 0.3 is 11.9 Å². The number of ether oxygens (including phenoxy) is 2. The van der Waals surface area contributed by atoms with Crippen LogP contribution in [0.5, 0.6) is 5.75 Å². The van der Waals surface area contributed by atoms with Crippen molar-refractivity contribution in [3.63, 3.8) is 0 Å². The van der Waals surface area contributed by atoms with Gasteiger partial charge in [0.2, 0.25) is 0 Å². The van der Waals surface area contributed by atoms with Crippen LogP contribution in [0, 0.1) is 13.8 Å². The van der Waals surface area contributed by atoms with Crippen LogP contribution >= 0.6 is 0 Å². The fraction of sp³-hybridized carbons (Fsp3) is 0.652. The summed E-state index contributed by atoms with van der Waals surface area (Å²) >= 11 is 0. The summed E-state index contributed by atoms with van der Waals surface area (Å²) in [6.45, 7) is 10.1. The molecule has 152 valence electrons. The Morgan fingerprint density at radius 2 is 1.59 bits per heavy atom. The highest BCUT2D eigenvalue weighted by atomic mass is 16.5. The SMILES string of the molecule is CCCCCCCCC(=O)Oc1cc(C)cc(C)c1C(C)(C)CC(=O)OC. The summed E-state index contributed by atoms with van der Waals surface area (Å²) in [5.41, 5.74) is 2.47. The molecule has 0 aliphatic carbocycles. The molecule has 0 fully saturated rings. The van der Waals surface area contributed by atoms with Gasteiger partial charge in [-0.25, -0.2) is 0 Å². The zero-order valence-electron chi connectivity index (χ0n) is 17.9. The van der Waals surface area contributed by atoms with Gasteiger partial charge in [0.1, 0.15) is 5.75 Å². The van der Waals surface area contributed by atoms with E-state index in [9.17, 15) is 9.59 Å². The van der Waals surface area contributed by atoms with Gasteiger partial charge in [0.25, 0.3) is 0 Å². The summed E-state index contributed by atoms with van der Waals surface area (Å²) < 4.78 is 10.6. The molecular formula is C23H36O4. The topological polar surface area (TPSA) is 52.6 Å². The third kappa shape index (κ3) is 7.74. The maximum atomic E-state index is 12.4. The van der Waals surface area contributed by atoms with Crippen LogP contribution in [0.4, 0.5) is 0 Å². The number of methoxy groups -OCH3 is 1. The van der Waals surface area contributed by atoms with Crippen molar-refractivity contribution in [1.29, 1.82) is 0 Å². The van der Waals surface area contributed by atoms with Crippen molar-refractivity contribution in [2.45, 2.75) is 91.4 Å². The highest BCUT2D eigenvalue weighted by molar-refractivity contribution is 5.74. The zero-order valence-corrected chi connectivity index (χ0v) is 17.9. The van der Waals surface area contributed by atoms with Crippen LogP contribution in [0.1, 0.15) is 88.8 Å². The van der Waals surface area contributed by atoms with Gasteiger partial charge in [-0.15, -0.1) is 0 Å². The first kappa shape index (κ1) is 23.2. The standard InChI is InChI=1S/C23H36O4/c1-7-8-9-10-11-12-13-20(24)27-19-15-17(2)14-18(3)22(19)23(4,5)16-21(25)26-6/h14-15H,7-13,16H2,1-6H3. The number of esters is 2. The highest BCUT2D eigenvalue weighted by Gasteiger charge is 2.30. The minimum atomic E-state index is -0.485. The lowest BCUT2D eigenvalue weighted by atomic mass is 9.78. The van der Waals surface area contributed by atoms with Crippen molar-refractivity contribution in [1.82, 2.24) is 0 Å². The summed E-state index contributed by atoms with van der Waals surface area (Å²) in [5.74, 6) is 0.0901. The molecule has 1 aromatic rings. The maximum absolute atomic E-state index is 12.4.